The predicted octanol–water partition coefficient (Wildman–Crippen LogP) is 2.72. The fourth-order valence-corrected chi connectivity index (χ4v) is 3.40. The van der Waals surface area contributed by atoms with Gasteiger partial charge >= 0.3 is 0 Å². The fraction of sp³-hybridized carbons (Fsp3) is 0.667. The molecule has 0 aromatic carbocycles. The minimum absolute atomic E-state index is 0.695. The van der Waals surface area contributed by atoms with Crippen LogP contribution in [0, 0.1) is 5.92 Å². The van der Waals surface area contributed by atoms with Crippen molar-refractivity contribution in [2.75, 3.05) is 19.7 Å². The number of ether oxygens (including phenoxy) is 1. The van der Waals surface area contributed by atoms with E-state index >= 15 is 0 Å². The largest absolute Gasteiger partial charge is 0.477 e. The molecule has 1 aromatic heterocycles. The van der Waals surface area contributed by atoms with Crippen LogP contribution < -0.4 is 4.74 Å². The molecule has 0 amide bonds. The van der Waals surface area contributed by atoms with Crippen molar-refractivity contribution in [1.82, 2.24) is 9.88 Å². The molecule has 3 heteroatoms. The van der Waals surface area contributed by atoms with Gasteiger partial charge in [-0.25, -0.2) is 4.98 Å². The smallest absolute Gasteiger partial charge is 0.213 e. The van der Waals surface area contributed by atoms with Crippen LogP contribution in [0.4, 0.5) is 0 Å². The van der Waals surface area contributed by atoms with Crippen molar-refractivity contribution in [3.63, 3.8) is 0 Å². The van der Waals surface area contributed by atoms with Crippen LogP contribution >= 0.6 is 0 Å². The summed E-state index contributed by atoms with van der Waals surface area (Å²) in [5.41, 5.74) is 0. The molecule has 0 N–H and O–H groups in total. The zero-order valence-electron chi connectivity index (χ0n) is 10.9. The maximum absolute atomic E-state index is 5.86. The second-order valence-corrected chi connectivity index (χ2v) is 5.48. The molecule has 1 aromatic rings. The number of hydrogen-bond donors (Lipinski definition) is 0. The van der Waals surface area contributed by atoms with E-state index in [1.807, 2.05) is 18.2 Å². The van der Waals surface area contributed by atoms with E-state index in [1.165, 1.54) is 45.2 Å². The lowest BCUT2D eigenvalue weighted by Crippen LogP contribution is -2.49. The molecular weight excluding hydrogens is 224 g/mol. The lowest BCUT2D eigenvalue weighted by molar-refractivity contribution is 0.0357. The molecule has 0 aliphatic carbocycles. The van der Waals surface area contributed by atoms with Crippen LogP contribution in [0.25, 0.3) is 0 Å². The molecule has 98 valence electrons. The van der Waals surface area contributed by atoms with Crippen molar-refractivity contribution in [2.24, 2.45) is 5.92 Å². The first-order valence-corrected chi connectivity index (χ1v) is 7.21. The first-order valence-electron chi connectivity index (χ1n) is 7.21. The minimum atomic E-state index is 0.695. The van der Waals surface area contributed by atoms with E-state index in [9.17, 15) is 0 Å². The van der Waals surface area contributed by atoms with E-state index < -0.39 is 0 Å². The molecule has 0 saturated carbocycles. The molecule has 2 fully saturated rings. The molecule has 3 nitrogen and oxygen atoms in total. The zero-order valence-corrected chi connectivity index (χ0v) is 10.9. The fourth-order valence-electron chi connectivity index (χ4n) is 3.40. The Morgan fingerprint density at radius 2 is 2.11 bits per heavy atom. The van der Waals surface area contributed by atoms with Crippen molar-refractivity contribution < 1.29 is 4.74 Å². The Bertz CT molecular complexity index is 366. The van der Waals surface area contributed by atoms with Crippen LogP contribution in [0.3, 0.4) is 0 Å². The van der Waals surface area contributed by atoms with Gasteiger partial charge in [0.15, 0.2) is 0 Å². The van der Waals surface area contributed by atoms with Gasteiger partial charge in [-0.15, -0.1) is 0 Å². The summed E-state index contributed by atoms with van der Waals surface area (Å²) < 4.78 is 5.86. The quantitative estimate of drug-likeness (QED) is 0.820. The first-order chi connectivity index (χ1) is 8.93. The molecule has 3 rings (SSSR count). The molecule has 3 heterocycles. The van der Waals surface area contributed by atoms with Gasteiger partial charge in [-0.05, 0) is 44.8 Å². The third-order valence-corrected chi connectivity index (χ3v) is 4.31. The second-order valence-electron chi connectivity index (χ2n) is 5.48. The second kappa shape index (κ2) is 5.70. The Kier molecular flexibility index (Phi) is 3.79. The number of pyridine rings is 1. The first kappa shape index (κ1) is 12.0. The van der Waals surface area contributed by atoms with Crippen LogP contribution in [0.1, 0.15) is 32.1 Å². The van der Waals surface area contributed by atoms with Gasteiger partial charge in [-0.2, -0.15) is 0 Å². The Labute approximate surface area is 109 Å². The average Bonchev–Trinajstić information content (AvgIpc) is 2.46. The molecule has 2 saturated heterocycles. The number of nitrogens with zero attached hydrogens (tertiary/aromatic N) is 2. The van der Waals surface area contributed by atoms with Gasteiger partial charge in [0, 0.05) is 24.2 Å². The summed E-state index contributed by atoms with van der Waals surface area (Å²) >= 11 is 0. The van der Waals surface area contributed by atoms with Crippen LogP contribution in [0.5, 0.6) is 5.88 Å². The Balaban J connectivity index is 1.58. The molecule has 2 aliphatic rings. The highest BCUT2D eigenvalue weighted by Crippen LogP contribution is 2.31. The molecule has 18 heavy (non-hydrogen) atoms. The summed E-state index contributed by atoms with van der Waals surface area (Å²) in [6, 6.07) is 6.62. The molecule has 1 unspecified atom stereocenters. The van der Waals surface area contributed by atoms with Crippen LogP contribution in [-0.2, 0) is 0 Å². The molecule has 0 bridgehead atoms. The van der Waals surface area contributed by atoms with Gasteiger partial charge in [-0.3, -0.25) is 4.90 Å². The minimum Gasteiger partial charge on any atom is -0.477 e. The van der Waals surface area contributed by atoms with Gasteiger partial charge in [0.25, 0.3) is 0 Å². The molecule has 2 aliphatic heterocycles. The maximum Gasteiger partial charge on any atom is 0.213 e. The summed E-state index contributed by atoms with van der Waals surface area (Å²) in [6.07, 6.45) is 8.56. The third-order valence-electron chi connectivity index (χ3n) is 4.31. The van der Waals surface area contributed by atoms with E-state index in [0.717, 1.165) is 18.5 Å². The van der Waals surface area contributed by atoms with Crippen molar-refractivity contribution >= 4 is 0 Å². The van der Waals surface area contributed by atoms with E-state index in [4.69, 9.17) is 4.74 Å². The van der Waals surface area contributed by atoms with E-state index in [0.29, 0.717) is 5.92 Å². The molecular formula is C15H22N2O. The van der Waals surface area contributed by atoms with E-state index in [2.05, 4.69) is 9.88 Å². The molecule has 0 spiro atoms. The van der Waals surface area contributed by atoms with Crippen molar-refractivity contribution in [3.05, 3.63) is 24.4 Å². The van der Waals surface area contributed by atoms with Crippen LogP contribution in [0.2, 0.25) is 0 Å². The van der Waals surface area contributed by atoms with Crippen molar-refractivity contribution in [3.8, 4) is 5.88 Å². The lowest BCUT2D eigenvalue weighted by Gasteiger charge is -2.44. The third kappa shape index (κ3) is 2.66. The number of piperidine rings is 2. The highest BCUT2D eigenvalue weighted by atomic mass is 16.5. The van der Waals surface area contributed by atoms with E-state index in [-0.39, 0.29) is 0 Å². The summed E-state index contributed by atoms with van der Waals surface area (Å²) in [4.78, 5) is 6.91. The predicted molar refractivity (Wildman–Crippen MR) is 71.7 cm³/mol. The molecule has 2 atom stereocenters. The topological polar surface area (TPSA) is 25.4 Å². The number of rotatable bonds is 3. The van der Waals surface area contributed by atoms with Crippen molar-refractivity contribution in [1.29, 1.82) is 0 Å². The number of fused-ring (bicyclic) bond motifs is 1. The molecule has 0 radical (unpaired) electrons. The zero-order chi connectivity index (χ0) is 12.2. The average molecular weight is 246 g/mol. The van der Waals surface area contributed by atoms with Gasteiger partial charge in [-0.1, -0.05) is 12.5 Å². The van der Waals surface area contributed by atoms with Crippen LogP contribution in [-0.4, -0.2) is 35.6 Å². The summed E-state index contributed by atoms with van der Waals surface area (Å²) in [6.45, 7) is 3.42. The summed E-state index contributed by atoms with van der Waals surface area (Å²) in [5, 5.41) is 0. The van der Waals surface area contributed by atoms with Crippen molar-refractivity contribution in [2.45, 2.75) is 38.1 Å². The van der Waals surface area contributed by atoms with Gasteiger partial charge in [0.1, 0.15) is 0 Å². The maximum atomic E-state index is 5.86. The Morgan fingerprint density at radius 1 is 1.17 bits per heavy atom. The van der Waals surface area contributed by atoms with Gasteiger partial charge in [0.05, 0.1) is 6.61 Å². The highest BCUT2D eigenvalue weighted by Gasteiger charge is 2.33. The monoisotopic (exact) mass is 246 g/mol. The summed E-state index contributed by atoms with van der Waals surface area (Å²) in [5.74, 6) is 1.46. The Morgan fingerprint density at radius 3 is 3.00 bits per heavy atom. The van der Waals surface area contributed by atoms with E-state index in [1.54, 1.807) is 6.20 Å². The highest BCUT2D eigenvalue weighted by molar-refractivity contribution is 5.09. The van der Waals surface area contributed by atoms with Gasteiger partial charge < -0.3 is 4.74 Å². The lowest BCUT2D eigenvalue weighted by atomic mass is 9.84. The summed E-state index contributed by atoms with van der Waals surface area (Å²) in [7, 11) is 0. The van der Waals surface area contributed by atoms with Crippen LogP contribution in [0.15, 0.2) is 24.4 Å². The number of aromatic nitrogens is 1. The van der Waals surface area contributed by atoms with Gasteiger partial charge in [0.2, 0.25) is 5.88 Å². The standard InChI is InChI=1S/C15H22N2O/c1-3-9-16-15(8-1)18-12-13-6-5-11-17-10-4-2-7-14(13)17/h1,3,8-9,13-14H,2,4-7,10-12H2/t13-,14?/m0/s1. The normalized spacial score (nSPS) is 28.7. The number of hydrogen-bond acceptors (Lipinski definition) is 3. The SMILES string of the molecule is c1ccc(OC[C@@H]2CCCN3CCCCC23)nc1. The Hall–Kier alpha value is -1.09.